The van der Waals surface area contributed by atoms with Crippen molar-refractivity contribution >= 4 is 11.7 Å². The van der Waals surface area contributed by atoms with Crippen LogP contribution in [0.1, 0.15) is 17.1 Å². The van der Waals surface area contributed by atoms with Gasteiger partial charge in [0, 0.05) is 12.2 Å². The number of carbonyl (C=O) groups excluding carboxylic acids is 1. The maximum absolute atomic E-state index is 13.1. The molecule has 0 aliphatic heterocycles. The lowest BCUT2D eigenvalue weighted by Gasteiger charge is -2.22. The third-order valence-corrected chi connectivity index (χ3v) is 3.74. The first-order valence-electron chi connectivity index (χ1n) is 8.01. The molecule has 1 aromatic heterocycles. The number of benzene rings is 2. The van der Waals surface area contributed by atoms with Crippen molar-refractivity contribution in [2.45, 2.75) is 20.0 Å². The molecule has 3 rings (SSSR count). The number of nitrogens with zero attached hydrogens (tertiary/aromatic N) is 1. The first-order valence-corrected chi connectivity index (χ1v) is 8.01. The third kappa shape index (κ3) is 4.70. The van der Waals surface area contributed by atoms with Crippen LogP contribution in [0.2, 0.25) is 0 Å². The molecule has 128 valence electrons. The number of hydrogen-bond acceptors (Lipinski definition) is 2. The molecule has 0 radical (unpaired) electrons. The number of anilines is 1. The zero-order chi connectivity index (χ0) is 17.6. The Bertz CT molecular complexity index is 828. The topological polar surface area (TPSA) is 45.5 Å². The van der Waals surface area contributed by atoms with Gasteiger partial charge in [-0.3, -0.25) is 0 Å². The van der Waals surface area contributed by atoms with E-state index in [2.05, 4.69) is 5.32 Å². The van der Waals surface area contributed by atoms with Crippen LogP contribution < -0.4 is 5.32 Å². The van der Waals surface area contributed by atoms with Gasteiger partial charge in [0.15, 0.2) is 0 Å². The Balaban J connectivity index is 1.77. The molecule has 0 saturated heterocycles. The van der Waals surface area contributed by atoms with Crippen LogP contribution in [0.15, 0.2) is 71.1 Å². The number of carbonyl (C=O) groups is 1. The van der Waals surface area contributed by atoms with Crippen LogP contribution in [-0.2, 0) is 13.1 Å². The number of rotatable bonds is 5. The summed E-state index contributed by atoms with van der Waals surface area (Å²) in [5.74, 6) is 1.19. The zero-order valence-electron chi connectivity index (χ0n) is 13.9. The Morgan fingerprint density at radius 1 is 1.00 bits per heavy atom. The van der Waals surface area contributed by atoms with Gasteiger partial charge >= 0.3 is 6.03 Å². The molecule has 0 aliphatic carbocycles. The maximum atomic E-state index is 13.1. The summed E-state index contributed by atoms with van der Waals surface area (Å²) < 4.78 is 18.7. The van der Waals surface area contributed by atoms with Crippen LogP contribution >= 0.6 is 0 Å². The Kier molecular flexibility index (Phi) is 5.14. The molecule has 0 spiro atoms. The van der Waals surface area contributed by atoms with E-state index in [1.807, 2.05) is 49.4 Å². The number of aryl methyl sites for hydroxylation is 1. The standard InChI is InChI=1S/C20H19FN2O2/c1-15-7-12-19(25-15)14-23(13-16-8-10-17(21)11-9-16)20(24)22-18-5-3-2-4-6-18/h2-12H,13-14H2,1H3,(H,22,24). The molecule has 2 amide bonds. The van der Waals surface area contributed by atoms with Crippen LogP contribution in [0, 0.1) is 12.7 Å². The zero-order valence-corrected chi connectivity index (χ0v) is 13.9. The van der Waals surface area contributed by atoms with Gasteiger partial charge in [0.1, 0.15) is 17.3 Å². The van der Waals surface area contributed by atoms with E-state index in [1.54, 1.807) is 17.0 Å². The summed E-state index contributed by atoms with van der Waals surface area (Å²) >= 11 is 0. The van der Waals surface area contributed by atoms with Crippen molar-refractivity contribution in [3.8, 4) is 0 Å². The first-order chi connectivity index (χ1) is 12.1. The van der Waals surface area contributed by atoms with Gasteiger partial charge in [0.25, 0.3) is 0 Å². The number of furan rings is 1. The fraction of sp³-hybridized carbons (Fsp3) is 0.150. The predicted molar refractivity (Wildman–Crippen MR) is 94.6 cm³/mol. The quantitative estimate of drug-likeness (QED) is 0.714. The summed E-state index contributed by atoms with van der Waals surface area (Å²) in [4.78, 5) is 14.3. The average Bonchev–Trinajstić information content (AvgIpc) is 3.02. The fourth-order valence-corrected chi connectivity index (χ4v) is 2.49. The number of amides is 2. The van der Waals surface area contributed by atoms with Crippen LogP contribution in [0.3, 0.4) is 0 Å². The molecule has 4 nitrogen and oxygen atoms in total. The van der Waals surface area contributed by atoms with E-state index in [1.165, 1.54) is 12.1 Å². The van der Waals surface area contributed by atoms with Crippen LogP contribution in [0.4, 0.5) is 14.9 Å². The highest BCUT2D eigenvalue weighted by Crippen LogP contribution is 2.15. The van der Waals surface area contributed by atoms with Crippen molar-refractivity contribution in [1.82, 2.24) is 4.90 Å². The Hall–Kier alpha value is -3.08. The summed E-state index contributed by atoms with van der Waals surface area (Å²) in [5, 5.41) is 2.87. The summed E-state index contributed by atoms with van der Waals surface area (Å²) in [6.45, 7) is 2.53. The summed E-state index contributed by atoms with van der Waals surface area (Å²) in [6, 6.07) is 18.8. The summed E-state index contributed by atoms with van der Waals surface area (Å²) in [5.41, 5.74) is 1.56. The molecular weight excluding hydrogens is 319 g/mol. The minimum atomic E-state index is -0.300. The molecule has 1 heterocycles. The molecular formula is C20H19FN2O2. The minimum Gasteiger partial charge on any atom is -0.464 e. The molecule has 3 aromatic rings. The van der Waals surface area contributed by atoms with Gasteiger partial charge < -0.3 is 14.6 Å². The van der Waals surface area contributed by atoms with E-state index in [-0.39, 0.29) is 11.8 Å². The predicted octanol–water partition coefficient (Wildman–Crippen LogP) is 4.96. The maximum Gasteiger partial charge on any atom is 0.322 e. The Morgan fingerprint density at radius 2 is 1.72 bits per heavy atom. The molecule has 2 aromatic carbocycles. The molecule has 0 bridgehead atoms. The van der Waals surface area contributed by atoms with Gasteiger partial charge in [-0.05, 0) is 48.9 Å². The number of nitrogens with one attached hydrogen (secondary N) is 1. The molecule has 5 heteroatoms. The van der Waals surface area contributed by atoms with E-state index in [0.29, 0.717) is 24.5 Å². The summed E-state index contributed by atoms with van der Waals surface area (Å²) in [6.07, 6.45) is 0. The highest BCUT2D eigenvalue weighted by atomic mass is 19.1. The van der Waals surface area contributed by atoms with Gasteiger partial charge in [-0.15, -0.1) is 0 Å². The number of urea groups is 1. The van der Waals surface area contributed by atoms with Crippen molar-refractivity contribution in [1.29, 1.82) is 0 Å². The van der Waals surface area contributed by atoms with Crippen molar-refractivity contribution < 1.29 is 13.6 Å². The minimum absolute atomic E-state index is 0.246. The molecule has 0 atom stereocenters. The molecule has 25 heavy (non-hydrogen) atoms. The van der Waals surface area contributed by atoms with Crippen LogP contribution in [0.5, 0.6) is 0 Å². The highest BCUT2D eigenvalue weighted by molar-refractivity contribution is 5.89. The smallest absolute Gasteiger partial charge is 0.322 e. The monoisotopic (exact) mass is 338 g/mol. The molecule has 0 saturated carbocycles. The van der Waals surface area contributed by atoms with E-state index in [9.17, 15) is 9.18 Å². The highest BCUT2D eigenvalue weighted by Gasteiger charge is 2.16. The molecule has 0 aliphatic rings. The van der Waals surface area contributed by atoms with Gasteiger partial charge in [-0.25, -0.2) is 9.18 Å². The number of para-hydroxylation sites is 1. The first kappa shape index (κ1) is 16.8. The summed E-state index contributed by atoms with van der Waals surface area (Å²) in [7, 11) is 0. The average molecular weight is 338 g/mol. The van der Waals surface area contributed by atoms with Crippen molar-refractivity contribution in [3.63, 3.8) is 0 Å². The fourth-order valence-electron chi connectivity index (χ4n) is 2.49. The lowest BCUT2D eigenvalue weighted by atomic mass is 10.2. The lowest BCUT2D eigenvalue weighted by molar-refractivity contribution is 0.201. The Morgan fingerprint density at radius 3 is 2.36 bits per heavy atom. The van der Waals surface area contributed by atoms with Crippen molar-refractivity contribution in [2.24, 2.45) is 0 Å². The van der Waals surface area contributed by atoms with E-state index < -0.39 is 0 Å². The van der Waals surface area contributed by atoms with Crippen molar-refractivity contribution in [2.75, 3.05) is 5.32 Å². The van der Waals surface area contributed by atoms with E-state index in [4.69, 9.17) is 4.42 Å². The van der Waals surface area contributed by atoms with Crippen molar-refractivity contribution in [3.05, 3.63) is 89.6 Å². The normalized spacial score (nSPS) is 10.5. The van der Waals surface area contributed by atoms with Crippen LogP contribution in [-0.4, -0.2) is 10.9 Å². The molecule has 0 fully saturated rings. The van der Waals surface area contributed by atoms with Gasteiger partial charge in [0.2, 0.25) is 0 Å². The largest absolute Gasteiger partial charge is 0.464 e. The molecule has 1 N–H and O–H groups in total. The van der Waals surface area contributed by atoms with E-state index >= 15 is 0 Å². The number of halogens is 1. The van der Waals surface area contributed by atoms with E-state index in [0.717, 1.165) is 11.3 Å². The number of hydrogen-bond donors (Lipinski definition) is 1. The lowest BCUT2D eigenvalue weighted by Crippen LogP contribution is -2.34. The third-order valence-electron chi connectivity index (χ3n) is 3.74. The second-order valence-corrected chi connectivity index (χ2v) is 5.79. The second-order valence-electron chi connectivity index (χ2n) is 5.79. The van der Waals surface area contributed by atoms with Crippen LogP contribution in [0.25, 0.3) is 0 Å². The van der Waals surface area contributed by atoms with Gasteiger partial charge in [0.05, 0.1) is 6.54 Å². The van der Waals surface area contributed by atoms with Gasteiger partial charge in [-0.1, -0.05) is 30.3 Å². The Labute approximate surface area is 145 Å². The van der Waals surface area contributed by atoms with Gasteiger partial charge in [-0.2, -0.15) is 0 Å². The second kappa shape index (κ2) is 7.66. The SMILES string of the molecule is Cc1ccc(CN(Cc2ccc(F)cc2)C(=O)Nc2ccccc2)o1. The molecule has 0 unspecified atom stereocenters.